The Kier molecular flexibility index (Phi) is 1.70. The molecule has 0 aromatic carbocycles. The van der Waals surface area contributed by atoms with Gasteiger partial charge in [-0.15, -0.1) is 0 Å². The molecule has 0 aromatic heterocycles. The summed E-state index contributed by atoms with van der Waals surface area (Å²) in [4.78, 5) is 11.1. The molecule has 0 amide bonds. The van der Waals surface area contributed by atoms with Gasteiger partial charge in [0.05, 0.1) is 0 Å². The van der Waals surface area contributed by atoms with Crippen molar-refractivity contribution >= 4 is 5.78 Å². The molecule has 1 aliphatic rings. The predicted molar refractivity (Wildman–Crippen MR) is 37.2 cm³/mol. The number of hydrogen-bond acceptors (Lipinski definition) is 1. The first-order valence-corrected chi connectivity index (χ1v) is 3.43. The normalized spacial score (nSPS) is 28.0. The summed E-state index contributed by atoms with van der Waals surface area (Å²) in [5.41, 5.74) is 0.953. The third-order valence-electron chi connectivity index (χ3n) is 1.89. The van der Waals surface area contributed by atoms with Gasteiger partial charge in [0.1, 0.15) is 0 Å². The summed E-state index contributed by atoms with van der Waals surface area (Å²) in [7, 11) is 0. The van der Waals surface area contributed by atoms with Crippen LogP contribution in [0, 0.1) is 5.92 Å². The lowest BCUT2D eigenvalue weighted by molar-refractivity contribution is -0.119. The van der Waals surface area contributed by atoms with Crippen LogP contribution in [0.2, 0.25) is 0 Å². The fraction of sp³-hybridized carbons (Fsp3) is 0.625. The van der Waals surface area contributed by atoms with Crippen LogP contribution in [0.5, 0.6) is 0 Å². The highest BCUT2D eigenvalue weighted by molar-refractivity contribution is 5.96. The maximum absolute atomic E-state index is 11.1. The fourth-order valence-electron chi connectivity index (χ4n) is 1.17. The third kappa shape index (κ3) is 1.21. The highest BCUT2D eigenvalue weighted by Gasteiger charge is 2.16. The zero-order chi connectivity index (χ0) is 6.85. The van der Waals surface area contributed by atoms with Gasteiger partial charge in [0, 0.05) is 5.92 Å². The first-order chi connectivity index (χ1) is 4.22. The first kappa shape index (κ1) is 6.53. The van der Waals surface area contributed by atoms with E-state index in [1.54, 1.807) is 0 Å². The minimum absolute atomic E-state index is 0.273. The van der Waals surface area contributed by atoms with Crippen molar-refractivity contribution in [1.29, 1.82) is 0 Å². The third-order valence-corrected chi connectivity index (χ3v) is 1.89. The lowest BCUT2D eigenvalue weighted by Gasteiger charge is -2.13. The Morgan fingerprint density at radius 3 is 2.78 bits per heavy atom. The van der Waals surface area contributed by atoms with E-state index in [0.717, 1.165) is 18.4 Å². The Bertz CT molecular complexity index is 156. The average molecular weight is 124 g/mol. The molecule has 1 heteroatoms. The molecule has 0 spiro atoms. The van der Waals surface area contributed by atoms with Crippen molar-refractivity contribution in [2.75, 3.05) is 0 Å². The highest BCUT2D eigenvalue weighted by Crippen LogP contribution is 2.18. The van der Waals surface area contributed by atoms with Crippen LogP contribution in [-0.2, 0) is 4.79 Å². The Morgan fingerprint density at radius 2 is 2.33 bits per heavy atom. The number of allylic oxidation sites excluding steroid dienone is 2. The van der Waals surface area contributed by atoms with E-state index in [4.69, 9.17) is 0 Å². The van der Waals surface area contributed by atoms with Gasteiger partial charge >= 0.3 is 0 Å². The van der Waals surface area contributed by atoms with Gasteiger partial charge in [-0.25, -0.2) is 0 Å². The Balaban J connectivity index is 2.74. The van der Waals surface area contributed by atoms with Gasteiger partial charge in [-0.05, 0) is 25.3 Å². The first-order valence-electron chi connectivity index (χ1n) is 3.43. The number of hydrogen-bond donors (Lipinski definition) is 0. The maximum atomic E-state index is 11.1. The van der Waals surface area contributed by atoms with Crippen LogP contribution in [0.3, 0.4) is 0 Å². The molecule has 1 aliphatic carbocycles. The summed E-state index contributed by atoms with van der Waals surface area (Å²) in [6.07, 6.45) is 4.15. The molecule has 0 aliphatic heterocycles. The van der Waals surface area contributed by atoms with Gasteiger partial charge < -0.3 is 0 Å². The van der Waals surface area contributed by atoms with Crippen LogP contribution in [0.25, 0.3) is 0 Å². The van der Waals surface area contributed by atoms with E-state index in [0.29, 0.717) is 5.78 Å². The van der Waals surface area contributed by atoms with E-state index in [9.17, 15) is 4.79 Å². The average Bonchev–Trinajstić information content (AvgIpc) is 1.83. The van der Waals surface area contributed by atoms with Crippen molar-refractivity contribution in [1.82, 2.24) is 0 Å². The molecule has 9 heavy (non-hydrogen) atoms. The summed E-state index contributed by atoms with van der Waals surface area (Å²) in [6, 6.07) is 0. The van der Waals surface area contributed by atoms with Crippen LogP contribution in [0.1, 0.15) is 26.7 Å². The summed E-state index contributed by atoms with van der Waals surface area (Å²) in [5.74, 6) is 0.608. The number of carbonyl (C=O) groups is 1. The van der Waals surface area contributed by atoms with E-state index < -0.39 is 0 Å². The van der Waals surface area contributed by atoms with Crippen LogP contribution in [-0.4, -0.2) is 5.78 Å². The quantitative estimate of drug-likeness (QED) is 0.482. The van der Waals surface area contributed by atoms with Crippen molar-refractivity contribution < 1.29 is 4.79 Å². The molecule has 1 nitrogen and oxygen atoms in total. The molecular formula is C8H12O. The summed E-state index contributed by atoms with van der Waals surface area (Å²) >= 11 is 0. The monoisotopic (exact) mass is 124 g/mol. The second-order valence-electron chi connectivity index (χ2n) is 2.73. The zero-order valence-corrected chi connectivity index (χ0v) is 5.98. The molecule has 0 unspecified atom stereocenters. The lowest BCUT2D eigenvalue weighted by atomic mass is 9.90. The number of rotatable bonds is 0. The molecule has 0 heterocycles. The molecule has 0 N–H and O–H groups in total. The molecule has 0 radical (unpaired) electrons. The SMILES string of the molecule is CC1=CCC[C@H](C)C1=O. The van der Waals surface area contributed by atoms with Crippen LogP contribution in [0.4, 0.5) is 0 Å². The smallest absolute Gasteiger partial charge is 0.161 e. The van der Waals surface area contributed by atoms with Gasteiger partial charge in [0.2, 0.25) is 0 Å². The molecule has 0 bridgehead atoms. The summed E-state index contributed by atoms with van der Waals surface area (Å²) in [6.45, 7) is 3.90. The Labute approximate surface area is 55.8 Å². The van der Waals surface area contributed by atoms with Crippen molar-refractivity contribution in [3.05, 3.63) is 11.6 Å². The van der Waals surface area contributed by atoms with Crippen LogP contribution < -0.4 is 0 Å². The van der Waals surface area contributed by atoms with E-state index in [2.05, 4.69) is 0 Å². The molecule has 0 fully saturated rings. The van der Waals surface area contributed by atoms with Crippen LogP contribution in [0.15, 0.2) is 11.6 Å². The van der Waals surface area contributed by atoms with Gasteiger partial charge in [0.15, 0.2) is 5.78 Å². The van der Waals surface area contributed by atoms with Crippen LogP contribution >= 0.6 is 0 Å². The van der Waals surface area contributed by atoms with Gasteiger partial charge in [-0.1, -0.05) is 13.0 Å². The van der Waals surface area contributed by atoms with E-state index in [-0.39, 0.29) is 5.92 Å². The zero-order valence-electron chi connectivity index (χ0n) is 5.98. The number of carbonyl (C=O) groups excluding carboxylic acids is 1. The minimum atomic E-state index is 0.273. The van der Waals surface area contributed by atoms with Gasteiger partial charge in [-0.3, -0.25) is 4.79 Å². The topological polar surface area (TPSA) is 17.1 Å². The Morgan fingerprint density at radius 1 is 1.67 bits per heavy atom. The van der Waals surface area contributed by atoms with Crippen molar-refractivity contribution in [3.63, 3.8) is 0 Å². The Hall–Kier alpha value is -0.590. The molecule has 1 rings (SSSR count). The summed E-state index contributed by atoms with van der Waals surface area (Å²) < 4.78 is 0. The molecule has 1 atom stereocenters. The van der Waals surface area contributed by atoms with Crippen molar-refractivity contribution in [2.24, 2.45) is 5.92 Å². The standard InChI is InChI=1S/C8H12O/c1-6-4-3-5-7(2)8(6)9/h4,7H,3,5H2,1-2H3/t7-/m0/s1. The largest absolute Gasteiger partial charge is 0.294 e. The van der Waals surface area contributed by atoms with Gasteiger partial charge in [0.25, 0.3) is 0 Å². The fourth-order valence-corrected chi connectivity index (χ4v) is 1.17. The van der Waals surface area contributed by atoms with E-state index in [1.165, 1.54) is 0 Å². The number of Topliss-reactive ketones (excluding diaryl/α,β-unsaturated/α-hetero) is 1. The van der Waals surface area contributed by atoms with Gasteiger partial charge in [-0.2, -0.15) is 0 Å². The molecule has 0 aromatic rings. The van der Waals surface area contributed by atoms with Crippen molar-refractivity contribution in [2.45, 2.75) is 26.7 Å². The summed E-state index contributed by atoms with van der Waals surface area (Å²) in [5, 5.41) is 0. The second-order valence-corrected chi connectivity index (χ2v) is 2.73. The maximum Gasteiger partial charge on any atom is 0.161 e. The number of ketones is 1. The lowest BCUT2D eigenvalue weighted by Crippen LogP contribution is -2.15. The molecule has 50 valence electrons. The van der Waals surface area contributed by atoms with Crippen molar-refractivity contribution in [3.8, 4) is 0 Å². The second kappa shape index (κ2) is 2.34. The molecular weight excluding hydrogens is 112 g/mol. The van der Waals surface area contributed by atoms with E-state index >= 15 is 0 Å². The minimum Gasteiger partial charge on any atom is -0.294 e. The highest BCUT2D eigenvalue weighted by atomic mass is 16.1. The predicted octanol–water partition coefficient (Wildman–Crippen LogP) is 1.93. The molecule has 0 saturated heterocycles. The molecule has 0 saturated carbocycles. The van der Waals surface area contributed by atoms with E-state index in [1.807, 2.05) is 19.9 Å².